The van der Waals surface area contributed by atoms with E-state index < -0.39 is 10.8 Å². The minimum absolute atomic E-state index is 0.0753. The zero-order valence-electron chi connectivity index (χ0n) is 14.4. The molecule has 2 N–H and O–H groups in total. The number of rotatable bonds is 6. The van der Waals surface area contributed by atoms with Gasteiger partial charge in [-0.05, 0) is 54.1 Å². The second-order valence-electron chi connectivity index (χ2n) is 5.53. The smallest absolute Gasteiger partial charge is 0.287 e. The average Bonchev–Trinajstić information content (AvgIpc) is 2.70. The zero-order valence-corrected chi connectivity index (χ0v) is 14.4. The lowest BCUT2D eigenvalue weighted by atomic mass is 10.2. The highest BCUT2D eigenvalue weighted by Gasteiger charge is 2.06. The van der Waals surface area contributed by atoms with Crippen LogP contribution < -0.4 is 10.2 Å². The fraction of sp³-hybridized carbons (Fsp3) is 0. The number of pyridine rings is 1. The number of hydrogen-bond donors (Lipinski definition) is 2. The molecule has 2 aromatic carbocycles. The van der Waals surface area contributed by atoms with Crippen LogP contribution in [0, 0.1) is 10.1 Å². The van der Waals surface area contributed by atoms with Gasteiger partial charge in [0.2, 0.25) is 5.88 Å². The normalized spacial score (nSPS) is 10.6. The Kier molecular flexibility index (Phi) is 5.56. The summed E-state index contributed by atoms with van der Waals surface area (Å²) in [5.41, 5.74) is 3.36. The van der Waals surface area contributed by atoms with Crippen LogP contribution in [0.25, 0.3) is 0 Å². The monoisotopic (exact) mass is 378 g/mol. The number of ether oxygens (including phenoxy) is 1. The molecule has 0 unspecified atom stereocenters. The first-order valence-electron chi connectivity index (χ1n) is 8.02. The molecule has 0 aliphatic carbocycles. The largest absolute Gasteiger partial charge is 0.508 e. The summed E-state index contributed by atoms with van der Waals surface area (Å²) in [6.07, 6.45) is 2.58. The summed E-state index contributed by atoms with van der Waals surface area (Å²) in [6, 6.07) is 15.3. The summed E-state index contributed by atoms with van der Waals surface area (Å²) in [7, 11) is 0. The van der Waals surface area contributed by atoms with Crippen molar-refractivity contribution in [1.82, 2.24) is 10.4 Å². The Balaban J connectivity index is 1.56. The van der Waals surface area contributed by atoms with Crippen molar-refractivity contribution in [3.05, 3.63) is 88.1 Å². The predicted molar refractivity (Wildman–Crippen MR) is 101 cm³/mol. The van der Waals surface area contributed by atoms with Gasteiger partial charge in [0.15, 0.2) is 0 Å². The minimum atomic E-state index is -0.536. The van der Waals surface area contributed by atoms with Crippen molar-refractivity contribution in [1.29, 1.82) is 0 Å². The molecule has 140 valence electrons. The topological polar surface area (TPSA) is 127 Å². The Labute approximate surface area is 159 Å². The first kappa shape index (κ1) is 18.5. The standard InChI is InChI=1S/C19H14N4O5/c24-16-6-3-14(4-7-16)19(25)22-21-11-13-1-8-17(9-2-13)28-18-10-5-15(12-20-18)23(26)27/h1-12,24H,(H,22,25)/b21-11-. The van der Waals surface area contributed by atoms with Crippen LogP contribution in [-0.2, 0) is 0 Å². The van der Waals surface area contributed by atoms with Crippen molar-refractivity contribution >= 4 is 17.8 Å². The highest BCUT2D eigenvalue weighted by atomic mass is 16.6. The highest BCUT2D eigenvalue weighted by molar-refractivity contribution is 5.94. The number of benzene rings is 2. The van der Waals surface area contributed by atoms with Crippen molar-refractivity contribution in [2.45, 2.75) is 0 Å². The quantitative estimate of drug-likeness (QED) is 0.385. The number of nitrogens with one attached hydrogen (secondary N) is 1. The number of phenolic OH excluding ortho intramolecular Hbond substituents is 1. The Morgan fingerprint density at radius 3 is 2.43 bits per heavy atom. The van der Waals surface area contributed by atoms with Crippen LogP contribution >= 0.6 is 0 Å². The van der Waals surface area contributed by atoms with E-state index in [1.807, 2.05) is 0 Å². The summed E-state index contributed by atoms with van der Waals surface area (Å²) in [4.78, 5) is 25.8. The van der Waals surface area contributed by atoms with Crippen LogP contribution in [0.1, 0.15) is 15.9 Å². The Morgan fingerprint density at radius 1 is 1.11 bits per heavy atom. The molecule has 9 nitrogen and oxygen atoms in total. The van der Waals surface area contributed by atoms with Crippen LogP contribution in [0.4, 0.5) is 5.69 Å². The van der Waals surface area contributed by atoms with Gasteiger partial charge in [0.05, 0.1) is 11.1 Å². The van der Waals surface area contributed by atoms with Crippen LogP contribution in [0.5, 0.6) is 17.4 Å². The Bertz CT molecular complexity index is 1000. The van der Waals surface area contributed by atoms with Gasteiger partial charge in [0.25, 0.3) is 11.6 Å². The van der Waals surface area contributed by atoms with Crippen molar-refractivity contribution in [2.24, 2.45) is 5.10 Å². The number of aromatic nitrogens is 1. The average molecular weight is 378 g/mol. The van der Waals surface area contributed by atoms with Crippen LogP contribution in [0.3, 0.4) is 0 Å². The third-order valence-electron chi connectivity index (χ3n) is 3.54. The fourth-order valence-electron chi connectivity index (χ4n) is 2.13. The van der Waals surface area contributed by atoms with E-state index in [1.165, 1.54) is 42.6 Å². The van der Waals surface area contributed by atoms with E-state index in [-0.39, 0.29) is 17.3 Å². The third-order valence-corrected chi connectivity index (χ3v) is 3.54. The number of aromatic hydroxyl groups is 1. The van der Waals surface area contributed by atoms with Gasteiger partial charge in [-0.1, -0.05) is 0 Å². The van der Waals surface area contributed by atoms with Crippen LogP contribution in [-0.4, -0.2) is 27.1 Å². The number of phenols is 1. The van der Waals surface area contributed by atoms with E-state index in [9.17, 15) is 20.0 Å². The molecule has 0 bridgehead atoms. The molecule has 0 saturated carbocycles. The van der Waals surface area contributed by atoms with E-state index in [0.29, 0.717) is 11.3 Å². The molecule has 9 heteroatoms. The second-order valence-corrected chi connectivity index (χ2v) is 5.53. The second kappa shape index (κ2) is 8.41. The number of nitro groups is 1. The molecule has 3 rings (SSSR count). The first-order chi connectivity index (χ1) is 13.5. The molecular weight excluding hydrogens is 364 g/mol. The van der Waals surface area contributed by atoms with Crippen molar-refractivity contribution in [3.8, 4) is 17.4 Å². The highest BCUT2D eigenvalue weighted by Crippen LogP contribution is 2.21. The van der Waals surface area contributed by atoms with Gasteiger partial charge in [-0.15, -0.1) is 0 Å². The van der Waals surface area contributed by atoms with Gasteiger partial charge in [0, 0.05) is 17.7 Å². The summed E-state index contributed by atoms with van der Waals surface area (Å²) in [5, 5.41) is 23.7. The number of carbonyl (C=O) groups excluding carboxylic acids is 1. The lowest BCUT2D eigenvalue weighted by Crippen LogP contribution is -2.17. The van der Waals surface area contributed by atoms with E-state index >= 15 is 0 Å². The van der Waals surface area contributed by atoms with Gasteiger partial charge >= 0.3 is 0 Å². The van der Waals surface area contributed by atoms with E-state index in [0.717, 1.165) is 11.8 Å². The number of carbonyl (C=O) groups is 1. The first-order valence-corrected chi connectivity index (χ1v) is 8.02. The van der Waals surface area contributed by atoms with Crippen molar-refractivity contribution < 1.29 is 19.6 Å². The molecule has 0 radical (unpaired) electrons. The predicted octanol–water partition coefficient (Wildman–Crippen LogP) is 3.25. The molecule has 0 atom stereocenters. The molecule has 0 aliphatic heterocycles. The van der Waals surface area contributed by atoms with Crippen LogP contribution in [0.15, 0.2) is 72.0 Å². The molecule has 1 aromatic heterocycles. The number of nitrogens with zero attached hydrogens (tertiary/aromatic N) is 3. The lowest BCUT2D eigenvalue weighted by molar-refractivity contribution is -0.385. The maximum absolute atomic E-state index is 11.9. The SMILES string of the molecule is O=C(N/N=C\c1ccc(Oc2ccc([N+](=O)[O-])cn2)cc1)c1ccc(O)cc1. The summed E-state index contributed by atoms with van der Waals surface area (Å²) in [5.74, 6) is 0.395. The number of hydrazone groups is 1. The number of amides is 1. The van der Waals surface area contributed by atoms with Gasteiger partial charge in [-0.3, -0.25) is 14.9 Å². The molecule has 1 amide bonds. The molecule has 28 heavy (non-hydrogen) atoms. The summed E-state index contributed by atoms with van der Waals surface area (Å²) in [6.45, 7) is 0. The molecule has 3 aromatic rings. The molecular formula is C19H14N4O5. The number of hydrogen-bond acceptors (Lipinski definition) is 7. The summed E-state index contributed by atoms with van der Waals surface area (Å²) < 4.78 is 5.51. The molecule has 1 heterocycles. The third kappa shape index (κ3) is 4.88. The van der Waals surface area contributed by atoms with Gasteiger partial charge in [-0.25, -0.2) is 10.4 Å². The maximum atomic E-state index is 11.9. The van der Waals surface area contributed by atoms with Gasteiger partial charge < -0.3 is 9.84 Å². The van der Waals surface area contributed by atoms with E-state index in [2.05, 4.69) is 15.5 Å². The lowest BCUT2D eigenvalue weighted by Gasteiger charge is -2.04. The maximum Gasteiger partial charge on any atom is 0.287 e. The van der Waals surface area contributed by atoms with Crippen LogP contribution in [0.2, 0.25) is 0 Å². The van der Waals surface area contributed by atoms with E-state index in [1.54, 1.807) is 24.3 Å². The van der Waals surface area contributed by atoms with Gasteiger partial charge in [0.1, 0.15) is 17.7 Å². The van der Waals surface area contributed by atoms with Crippen molar-refractivity contribution in [2.75, 3.05) is 0 Å². The van der Waals surface area contributed by atoms with Gasteiger partial charge in [-0.2, -0.15) is 5.10 Å². The molecule has 0 fully saturated rings. The summed E-state index contributed by atoms with van der Waals surface area (Å²) >= 11 is 0. The molecule has 0 aliphatic rings. The zero-order chi connectivity index (χ0) is 19.9. The minimum Gasteiger partial charge on any atom is -0.508 e. The fourth-order valence-corrected chi connectivity index (χ4v) is 2.13. The Morgan fingerprint density at radius 2 is 1.82 bits per heavy atom. The van der Waals surface area contributed by atoms with Crippen molar-refractivity contribution in [3.63, 3.8) is 0 Å². The molecule has 0 saturated heterocycles. The molecule has 0 spiro atoms. The van der Waals surface area contributed by atoms with E-state index in [4.69, 9.17) is 4.74 Å². The Hall–Kier alpha value is -4.27.